The van der Waals surface area contributed by atoms with Crippen molar-refractivity contribution in [1.82, 2.24) is 58.1 Å². The van der Waals surface area contributed by atoms with E-state index in [2.05, 4.69) is 358 Å². The molecule has 0 atom stereocenters. The lowest BCUT2D eigenvalue weighted by Crippen LogP contribution is -2.06. The average Bonchev–Trinajstić information content (AvgIpc) is 1.56. The molecule has 646 valence electrons. The Morgan fingerprint density at radius 2 is 0.428 bits per heavy atom. The molecular formula is C124H78N12S2. The van der Waals surface area contributed by atoms with E-state index in [0.717, 1.165) is 116 Å². The molecule has 14 heteroatoms. The van der Waals surface area contributed by atoms with E-state index >= 15 is 0 Å². The van der Waals surface area contributed by atoms with Gasteiger partial charge in [0.05, 0.1) is 55.5 Å². The minimum Gasteiger partial charge on any atom is -0.309 e. The molecular weight excluding hydrogens is 1720 g/mol. The lowest BCUT2D eigenvalue weighted by Gasteiger charge is -2.12. The first-order valence-corrected chi connectivity index (χ1v) is 47.8. The maximum absolute atomic E-state index is 5.16. The van der Waals surface area contributed by atoms with E-state index in [1.807, 2.05) is 156 Å². The second kappa shape index (κ2) is 34.2. The van der Waals surface area contributed by atoms with Crippen molar-refractivity contribution >= 4 is 150 Å². The zero-order valence-electron chi connectivity index (χ0n) is 74.2. The number of para-hydroxylation sites is 5. The summed E-state index contributed by atoms with van der Waals surface area (Å²) in [5.41, 5.74) is 24.7. The van der Waals surface area contributed by atoms with Crippen LogP contribution in [0.4, 0.5) is 0 Å². The molecule has 0 unspecified atom stereocenters. The Balaban J connectivity index is 0.000000107. The van der Waals surface area contributed by atoms with Crippen LogP contribution in [0.1, 0.15) is 0 Å². The Kier molecular flexibility index (Phi) is 20.0. The number of nitrogens with zero attached hydrogens (tertiary/aromatic N) is 12. The van der Waals surface area contributed by atoms with Gasteiger partial charge in [0.25, 0.3) is 0 Å². The molecule has 19 aromatic carbocycles. The summed E-state index contributed by atoms with van der Waals surface area (Å²) in [4.78, 5) is 40.5. The zero-order chi connectivity index (χ0) is 91.1. The molecule has 0 N–H and O–H groups in total. The van der Waals surface area contributed by atoms with Crippen LogP contribution in [-0.4, -0.2) is 58.1 Å². The van der Waals surface area contributed by atoms with Crippen molar-refractivity contribution in [3.63, 3.8) is 0 Å². The maximum Gasteiger partial charge on any atom is 0.238 e. The molecule has 0 aliphatic carbocycles. The van der Waals surface area contributed by atoms with Crippen molar-refractivity contribution in [3.05, 3.63) is 473 Å². The molecule has 9 aromatic heterocycles. The Morgan fingerprint density at radius 1 is 0.152 bits per heavy atom. The molecule has 0 amide bonds. The first-order valence-electron chi connectivity index (χ1n) is 46.2. The molecule has 0 radical (unpaired) electrons. The largest absolute Gasteiger partial charge is 0.309 e. The summed E-state index contributed by atoms with van der Waals surface area (Å²) in [6.45, 7) is 0. The van der Waals surface area contributed by atoms with Crippen LogP contribution in [0.5, 0.6) is 0 Å². The van der Waals surface area contributed by atoms with E-state index in [1.54, 1.807) is 0 Å². The predicted octanol–water partition coefficient (Wildman–Crippen LogP) is 32.3. The highest BCUT2D eigenvalue weighted by Crippen LogP contribution is 2.46. The fraction of sp³-hybridized carbons (Fsp3) is 0. The molecule has 0 saturated heterocycles. The van der Waals surface area contributed by atoms with Gasteiger partial charge in [-0.15, -0.1) is 22.7 Å². The first kappa shape index (κ1) is 80.8. The molecule has 0 bridgehead atoms. The molecule has 0 spiro atoms. The summed E-state index contributed by atoms with van der Waals surface area (Å²) in [5, 5.41) is 14.7. The fourth-order valence-electron chi connectivity index (χ4n) is 19.9. The van der Waals surface area contributed by atoms with Gasteiger partial charge in [-0.2, -0.15) is 19.9 Å². The van der Waals surface area contributed by atoms with Crippen LogP contribution >= 0.6 is 22.7 Å². The van der Waals surface area contributed by atoms with Crippen LogP contribution in [0.3, 0.4) is 0 Å². The lowest BCUT2D eigenvalue weighted by molar-refractivity contribution is 0.953. The van der Waals surface area contributed by atoms with Crippen molar-refractivity contribution in [2.75, 3.05) is 0 Å². The van der Waals surface area contributed by atoms with E-state index in [9.17, 15) is 0 Å². The Morgan fingerprint density at radius 3 is 0.841 bits per heavy atom. The van der Waals surface area contributed by atoms with Crippen LogP contribution in [0.15, 0.2) is 473 Å². The van der Waals surface area contributed by atoms with Gasteiger partial charge in [0.15, 0.2) is 23.3 Å². The zero-order valence-corrected chi connectivity index (χ0v) is 75.8. The molecule has 0 saturated carbocycles. The van der Waals surface area contributed by atoms with Crippen LogP contribution in [0, 0.1) is 0 Å². The summed E-state index contributed by atoms with van der Waals surface area (Å²) in [6, 6.07) is 166. The maximum atomic E-state index is 5.16. The van der Waals surface area contributed by atoms with Crippen molar-refractivity contribution in [3.8, 4) is 125 Å². The highest BCUT2D eigenvalue weighted by Gasteiger charge is 2.26. The standard InChI is InChI=1S/C45H29N5.C40H25N3S.C39H24N4S/c1-4-15-30(16-5-1)43-46-44(31-17-6-2-7-18-31)48-45(47-43)50-39-25-13-11-22-36(39)42-34(23-14-26-41(42)50)32-27-28-40-37(29-32)35-21-10-12-24-38(35)49(40)33-19-8-3-9-20-33;1-3-11-26(12-4-1)34-25-35(27-13-5-2-6-14-27)42-40(41-34)43-36-17-9-7-15-30(36)32-23-28(19-21-37(32)43)29-20-22-39-33(24-29)31-16-8-10-18-38(31)44-39;1-3-11-25(12-4-1)37-40-38(26-13-5-2-6-14-26)42-39(41-37)43-33-17-9-7-15-29(33)31-23-27(19-21-34(31)43)28-20-22-36-32(24-28)30-16-8-10-18-35(30)44-36/h1-29H;1-25H;1-24H. The number of rotatable bonds is 13. The summed E-state index contributed by atoms with van der Waals surface area (Å²) >= 11 is 3.70. The Labute approximate surface area is 800 Å². The SMILES string of the molecule is c1ccc(-c2cc(-c3ccccc3)nc(-n3c4ccccc4c4cc(-c5ccc6sc7ccccc7c6c5)ccc43)n2)cc1.c1ccc(-c2nc(-c3ccccc3)nc(-n3c4ccccc4c4c(-c5ccc6c(c5)c5ccccc5n6-c5ccccc5)cccc43)n2)cc1.c1ccc(-c2nc(-c3ccccc3)nc(-n3c4ccccc4c4cc(-c5ccc6sc7ccccc7c6c5)ccc43)n2)cc1. The lowest BCUT2D eigenvalue weighted by atomic mass is 9.98. The second-order valence-corrected chi connectivity index (χ2v) is 36.6. The highest BCUT2D eigenvalue weighted by atomic mass is 32.1. The molecule has 28 rings (SSSR count). The molecule has 9 heterocycles. The quantitative estimate of drug-likeness (QED) is 0.112. The summed E-state index contributed by atoms with van der Waals surface area (Å²) in [6.07, 6.45) is 0. The van der Waals surface area contributed by atoms with Gasteiger partial charge in [-0.25, -0.2) is 19.9 Å². The van der Waals surface area contributed by atoms with Gasteiger partial charge in [0.2, 0.25) is 17.8 Å². The number of thiophene rings is 2. The van der Waals surface area contributed by atoms with Crippen molar-refractivity contribution in [1.29, 1.82) is 0 Å². The van der Waals surface area contributed by atoms with Gasteiger partial charge >= 0.3 is 0 Å². The van der Waals surface area contributed by atoms with E-state index in [4.69, 9.17) is 39.9 Å². The summed E-state index contributed by atoms with van der Waals surface area (Å²) < 4.78 is 14.2. The van der Waals surface area contributed by atoms with Gasteiger partial charge in [0.1, 0.15) is 0 Å². The molecule has 138 heavy (non-hydrogen) atoms. The highest BCUT2D eigenvalue weighted by molar-refractivity contribution is 7.26. The third-order valence-electron chi connectivity index (χ3n) is 26.3. The molecule has 12 nitrogen and oxygen atoms in total. The van der Waals surface area contributed by atoms with E-state index in [1.165, 1.54) is 95.2 Å². The molecule has 0 aliphatic heterocycles. The van der Waals surface area contributed by atoms with Crippen molar-refractivity contribution in [2.24, 2.45) is 0 Å². The predicted molar refractivity (Wildman–Crippen MR) is 574 cm³/mol. The van der Waals surface area contributed by atoms with Crippen LogP contribution in [0.25, 0.3) is 253 Å². The van der Waals surface area contributed by atoms with E-state index in [-0.39, 0.29) is 0 Å². The van der Waals surface area contributed by atoms with Crippen molar-refractivity contribution in [2.45, 2.75) is 0 Å². The van der Waals surface area contributed by atoms with Gasteiger partial charge in [-0.1, -0.05) is 352 Å². The number of aromatic nitrogens is 12. The van der Waals surface area contributed by atoms with Crippen LogP contribution in [0.2, 0.25) is 0 Å². The number of hydrogen-bond donors (Lipinski definition) is 0. The summed E-state index contributed by atoms with van der Waals surface area (Å²) in [5.74, 6) is 4.41. The summed E-state index contributed by atoms with van der Waals surface area (Å²) in [7, 11) is 0. The third-order valence-corrected chi connectivity index (χ3v) is 28.6. The third kappa shape index (κ3) is 14.4. The number of fused-ring (bicyclic) bond motifs is 18. The Hall–Kier alpha value is -18.1. The number of benzene rings is 19. The van der Waals surface area contributed by atoms with Crippen LogP contribution < -0.4 is 0 Å². The van der Waals surface area contributed by atoms with Gasteiger partial charge in [-0.3, -0.25) is 13.7 Å². The smallest absolute Gasteiger partial charge is 0.238 e. The van der Waals surface area contributed by atoms with Gasteiger partial charge in [-0.05, 0) is 155 Å². The molecule has 0 aliphatic rings. The minimum atomic E-state index is 0.586. The second-order valence-electron chi connectivity index (χ2n) is 34.5. The molecule has 28 aromatic rings. The van der Waals surface area contributed by atoms with Gasteiger partial charge < -0.3 is 4.57 Å². The molecule has 0 fully saturated rings. The first-order chi connectivity index (χ1) is 68.4. The topological polar surface area (TPSA) is 123 Å². The van der Waals surface area contributed by atoms with E-state index in [0.29, 0.717) is 41.1 Å². The fourth-order valence-corrected chi connectivity index (χ4v) is 22.0. The van der Waals surface area contributed by atoms with Gasteiger partial charge in [0, 0.05) is 123 Å². The van der Waals surface area contributed by atoms with E-state index < -0.39 is 0 Å². The monoisotopic (exact) mass is 1800 g/mol. The normalized spacial score (nSPS) is 11.6. The van der Waals surface area contributed by atoms with Crippen LogP contribution in [-0.2, 0) is 0 Å². The van der Waals surface area contributed by atoms with Crippen molar-refractivity contribution < 1.29 is 0 Å². The Bertz CT molecular complexity index is 9060. The average molecular weight is 1800 g/mol. The number of hydrogen-bond acceptors (Lipinski definition) is 10. The minimum absolute atomic E-state index is 0.586.